The summed E-state index contributed by atoms with van der Waals surface area (Å²) in [5.41, 5.74) is 0.675. The maximum Gasteiger partial charge on any atom is 0.131 e. The van der Waals surface area contributed by atoms with E-state index in [2.05, 4.69) is 0 Å². The summed E-state index contributed by atoms with van der Waals surface area (Å²) in [7, 11) is 0. The fourth-order valence-corrected chi connectivity index (χ4v) is 1.55. The summed E-state index contributed by atoms with van der Waals surface area (Å²) in [4.78, 5) is 1.49. The number of anilines is 1. The maximum atomic E-state index is 7.61. The van der Waals surface area contributed by atoms with Crippen LogP contribution in [0.1, 0.15) is 0 Å². The van der Waals surface area contributed by atoms with Crippen molar-refractivity contribution < 1.29 is 0 Å². The second-order valence-corrected chi connectivity index (χ2v) is 3.30. The Labute approximate surface area is 86.6 Å². The summed E-state index contributed by atoms with van der Waals surface area (Å²) >= 11 is 5.97. The highest BCUT2D eigenvalue weighted by Crippen LogP contribution is 2.27. The Morgan fingerprint density at radius 2 is 1.57 bits per heavy atom. The summed E-state index contributed by atoms with van der Waals surface area (Å²) < 4.78 is 0. The van der Waals surface area contributed by atoms with E-state index in [1.54, 1.807) is 24.3 Å². The lowest BCUT2D eigenvalue weighted by atomic mass is 10.3. The molecule has 0 aliphatic carbocycles. The molecule has 0 amide bonds. The lowest BCUT2D eigenvalue weighted by molar-refractivity contribution is 1.34. The summed E-state index contributed by atoms with van der Waals surface area (Å²) in [6.07, 6.45) is 3.15. The van der Waals surface area contributed by atoms with Crippen molar-refractivity contribution in [2.24, 2.45) is 0 Å². The Morgan fingerprint density at radius 1 is 1.00 bits per heavy atom. The molecule has 3 nitrogen and oxygen atoms in total. The predicted molar refractivity (Wildman–Crippen MR) is 58.5 cm³/mol. The summed E-state index contributed by atoms with van der Waals surface area (Å²) in [5.74, 6) is 0.534. The van der Waals surface area contributed by atoms with E-state index in [0.29, 0.717) is 10.7 Å². The van der Waals surface area contributed by atoms with Gasteiger partial charge in [-0.25, -0.2) is 0 Å². The monoisotopic (exact) mass is 205 g/mol. The van der Waals surface area contributed by atoms with E-state index >= 15 is 0 Å². The van der Waals surface area contributed by atoms with Crippen LogP contribution in [-0.2, 0) is 0 Å². The SMILES string of the molecule is N=C1C=CC(=N)N1c1ccccc1Cl. The van der Waals surface area contributed by atoms with Gasteiger partial charge in [-0.3, -0.25) is 15.7 Å². The molecule has 4 heteroatoms. The number of halogens is 1. The largest absolute Gasteiger partial charge is 0.284 e. The third-order valence-electron chi connectivity index (χ3n) is 1.97. The van der Waals surface area contributed by atoms with Crippen molar-refractivity contribution in [3.63, 3.8) is 0 Å². The Hall–Kier alpha value is -1.61. The minimum Gasteiger partial charge on any atom is -0.284 e. The van der Waals surface area contributed by atoms with E-state index in [0.717, 1.165) is 0 Å². The van der Waals surface area contributed by atoms with Gasteiger partial charge < -0.3 is 0 Å². The Morgan fingerprint density at radius 3 is 2.14 bits per heavy atom. The van der Waals surface area contributed by atoms with Crippen LogP contribution in [0.4, 0.5) is 5.69 Å². The molecule has 0 bridgehead atoms. The van der Waals surface area contributed by atoms with E-state index < -0.39 is 0 Å². The first-order chi connectivity index (χ1) is 6.70. The molecule has 0 atom stereocenters. The summed E-state index contributed by atoms with van der Waals surface area (Å²) in [6.45, 7) is 0. The lowest BCUT2D eigenvalue weighted by Crippen LogP contribution is -2.28. The van der Waals surface area contributed by atoms with Crippen molar-refractivity contribution in [2.45, 2.75) is 0 Å². The van der Waals surface area contributed by atoms with E-state index in [4.69, 9.17) is 22.4 Å². The zero-order chi connectivity index (χ0) is 10.1. The van der Waals surface area contributed by atoms with Gasteiger partial charge in [-0.2, -0.15) is 0 Å². The van der Waals surface area contributed by atoms with Gasteiger partial charge in [0.2, 0.25) is 0 Å². The van der Waals surface area contributed by atoms with Crippen molar-refractivity contribution in [3.8, 4) is 0 Å². The van der Waals surface area contributed by atoms with Crippen LogP contribution in [0.3, 0.4) is 0 Å². The van der Waals surface area contributed by atoms with E-state index in [1.807, 2.05) is 12.1 Å². The summed E-state index contributed by atoms with van der Waals surface area (Å²) in [6, 6.07) is 7.19. The number of nitrogens with one attached hydrogen (secondary N) is 2. The smallest absolute Gasteiger partial charge is 0.131 e. The number of amidine groups is 2. The standard InChI is InChI=1S/C10H8ClN3/c11-7-3-1-2-4-8(7)14-9(12)5-6-10(14)13/h1-6,12-13H. The van der Waals surface area contributed by atoms with Crippen molar-refractivity contribution in [3.05, 3.63) is 41.4 Å². The minimum atomic E-state index is 0.267. The Bertz CT molecular complexity index is 419. The number of hydrogen-bond acceptors (Lipinski definition) is 2. The highest BCUT2D eigenvalue weighted by atomic mass is 35.5. The average Bonchev–Trinajstić information content (AvgIpc) is 2.48. The quantitative estimate of drug-likeness (QED) is 0.728. The second-order valence-electron chi connectivity index (χ2n) is 2.89. The Kier molecular flexibility index (Phi) is 2.09. The lowest BCUT2D eigenvalue weighted by Gasteiger charge is -2.18. The van der Waals surface area contributed by atoms with Crippen molar-refractivity contribution >= 4 is 29.0 Å². The van der Waals surface area contributed by atoms with Gasteiger partial charge in [0, 0.05) is 0 Å². The molecule has 0 spiro atoms. The fraction of sp³-hybridized carbons (Fsp3) is 0. The second kappa shape index (κ2) is 3.27. The van der Waals surface area contributed by atoms with E-state index in [-0.39, 0.29) is 11.7 Å². The molecule has 2 rings (SSSR count). The highest BCUT2D eigenvalue weighted by molar-refractivity contribution is 6.37. The van der Waals surface area contributed by atoms with Gasteiger partial charge in [0.05, 0.1) is 10.7 Å². The first kappa shape index (κ1) is 8.97. The van der Waals surface area contributed by atoms with Crippen molar-refractivity contribution in [1.29, 1.82) is 10.8 Å². The van der Waals surface area contributed by atoms with Crippen molar-refractivity contribution in [2.75, 3.05) is 4.90 Å². The van der Waals surface area contributed by atoms with Crippen LogP contribution in [-0.4, -0.2) is 11.7 Å². The van der Waals surface area contributed by atoms with E-state index in [9.17, 15) is 0 Å². The molecule has 0 aromatic heterocycles. The Balaban J connectivity index is 2.46. The first-order valence-electron chi connectivity index (χ1n) is 4.10. The van der Waals surface area contributed by atoms with Crippen LogP contribution < -0.4 is 4.90 Å². The zero-order valence-corrected chi connectivity index (χ0v) is 8.05. The molecule has 1 aliphatic heterocycles. The normalized spacial score (nSPS) is 15.4. The van der Waals surface area contributed by atoms with Gasteiger partial charge in [0.15, 0.2) is 0 Å². The maximum absolute atomic E-state index is 7.61. The minimum absolute atomic E-state index is 0.267. The van der Waals surface area contributed by atoms with Gasteiger partial charge >= 0.3 is 0 Å². The third-order valence-corrected chi connectivity index (χ3v) is 2.29. The zero-order valence-electron chi connectivity index (χ0n) is 7.29. The van der Waals surface area contributed by atoms with E-state index in [1.165, 1.54) is 4.90 Å². The van der Waals surface area contributed by atoms with Crippen LogP contribution in [0.15, 0.2) is 36.4 Å². The highest BCUT2D eigenvalue weighted by Gasteiger charge is 2.20. The molecule has 1 heterocycles. The van der Waals surface area contributed by atoms with Gasteiger partial charge in [0.25, 0.3) is 0 Å². The molecule has 1 aromatic rings. The molecule has 0 unspecified atom stereocenters. The first-order valence-corrected chi connectivity index (χ1v) is 4.48. The van der Waals surface area contributed by atoms with Gasteiger partial charge in [-0.15, -0.1) is 0 Å². The average molecular weight is 206 g/mol. The molecule has 70 valence electrons. The predicted octanol–water partition coefficient (Wildman–Crippen LogP) is 2.67. The summed E-state index contributed by atoms with van der Waals surface area (Å²) in [5, 5.41) is 15.8. The van der Waals surface area contributed by atoms with Crippen molar-refractivity contribution in [1.82, 2.24) is 0 Å². The molecular weight excluding hydrogens is 198 g/mol. The van der Waals surface area contributed by atoms with Crippen LogP contribution in [0.25, 0.3) is 0 Å². The number of para-hydroxylation sites is 1. The molecule has 1 aliphatic rings. The van der Waals surface area contributed by atoms with Gasteiger partial charge in [0.1, 0.15) is 11.7 Å². The molecule has 14 heavy (non-hydrogen) atoms. The molecule has 0 radical (unpaired) electrons. The number of hydrogen-bond donors (Lipinski definition) is 2. The number of rotatable bonds is 1. The molecule has 0 saturated carbocycles. The van der Waals surface area contributed by atoms with Gasteiger partial charge in [-0.1, -0.05) is 23.7 Å². The number of benzene rings is 1. The van der Waals surface area contributed by atoms with Crippen LogP contribution in [0.5, 0.6) is 0 Å². The van der Waals surface area contributed by atoms with Gasteiger partial charge in [-0.05, 0) is 24.3 Å². The number of nitrogens with zero attached hydrogens (tertiary/aromatic N) is 1. The molecule has 0 saturated heterocycles. The molecule has 0 fully saturated rings. The van der Waals surface area contributed by atoms with Crippen LogP contribution in [0.2, 0.25) is 5.02 Å². The topological polar surface area (TPSA) is 50.9 Å². The molecular formula is C10H8ClN3. The molecule has 1 aromatic carbocycles. The molecule has 2 N–H and O–H groups in total. The fourth-order valence-electron chi connectivity index (χ4n) is 1.33. The third kappa shape index (κ3) is 1.32. The van der Waals surface area contributed by atoms with Crippen LogP contribution in [0, 0.1) is 10.8 Å². The van der Waals surface area contributed by atoms with Crippen LogP contribution >= 0.6 is 11.6 Å².